The number of rotatable bonds is 8. The first kappa shape index (κ1) is 19.6. The largest absolute Gasteiger partial charge is 0.497 e. The fraction of sp³-hybridized carbons (Fsp3) is 0.478. The van der Waals surface area contributed by atoms with Crippen LogP contribution in [0.2, 0.25) is 0 Å². The van der Waals surface area contributed by atoms with Crippen molar-refractivity contribution in [2.45, 2.75) is 51.0 Å². The van der Waals surface area contributed by atoms with Crippen molar-refractivity contribution in [3.63, 3.8) is 0 Å². The van der Waals surface area contributed by atoms with Crippen LogP contribution in [-0.4, -0.2) is 31.0 Å². The summed E-state index contributed by atoms with van der Waals surface area (Å²) in [7, 11) is 1.68. The van der Waals surface area contributed by atoms with Crippen LogP contribution < -0.4 is 14.2 Å². The van der Waals surface area contributed by atoms with E-state index in [0.717, 1.165) is 42.9 Å². The van der Waals surface area contributed by atoms with E-state index in [1.807, 2.05) is 38.1 Å². The van der Waals surface area contributed by atoms with Crippen LogP contribution in [-0.2, 0) is 6.42 Å². The number of ether oxygens (including phenoxy) is 3. The van der Waals surface area contributed by atoms with Gasteiger partial charge in [-0.25, -0.2) is 0 Å². The first-order valence-corrected chi connectivity index (χ1v) is 9.69. The van der Waals surface area contributed by atoms with E-state index in [9.17, 15) is 5.11 Å². The number of fused-ring (bicyclic) bond motifs is 1. The summed E-state index contributed by atoms with van der Waals surface area (Å²) in [6, 6.07) is 14.4. The highest BCUT2D eigenvalue weighted by molar-refractivity contribution is 5.44. The van der Waals surface area contributed by atoms with E-state index in [-0.39, 0.29) is 0 Å². The molecular formula is C23H30O4. The van der Waals surface area contributed by atoms with Crippen molar-refractivity contribution >= 4 is 0 Å². The van der Waals surface area contributed by atoms with Crippen molar-refractivity contribution in [1.29, 1.82) is 0 Å². The van der Waals surface area contributed by atoms with Gasteiger partial charge in [0.15, 0.2) is 0 Å². The third kappa shape index (κ3) is 5.64. The second kappa shape index (κ2) is 8.66. The Hall–Kier alpha value is -2.20. The fourth-order valence-electron chi connectivity index (χ4n) is 3.38. The maximum absolute atomic E-state index is 9.73. The summed E-state index contributed by atoms with van der Waals surface area (Å²) in [5.74, 6) is 3.01. The molecule has 0 amide bonds. The van der Waals surface area contributed by atoms with Crippen LogP contribution in [0.5, 0.6) is 17.2 Å². The Bertz CT molecular complexity index is 731. The van der Waals surface area contributed by atoms with Gasteiger partial charge in [-0.2, -0.15) is 0 Å². The highest BCUT2D eigenvalue weighted by atomic mass is 16.5. The molecular weight excluding hydrogens is 340 g/mol. The molecule has 3 rings (SSSR count). The number of hydrogen-bond donors (Lipinski definition) is 1. The Kier molecular flexibility index (Phi) is 6.27. The topological polar surface area (TPSA) is 47.9 Å². The Morgan fingerprint density at radius 2 is 1.81 bits per heavy atom. The summed E-state index contributed by atoms with van der Waals surface area (Å²) >= 11 is 0. The third-order valence-corrected chi connectivity index (χ3v) is 4.98. The van der Waals surface area contributed by atoms with Crippen LogP contribution >= 0.6 is 0 Å². The maximum atomic E-state index is 9.73. The summed E-state index contributed by atoms with van der Waals surface area (Å²) in [6.45, 7) is 5.01. The molecule has 0 saturated carbocycles. The predicted octanol–water partition coefficient (Wildman–Crippen LogP) is 4.73. The van der Waals surface area contributed by atoms with Crippen molar-refractivity contribution in [2.75, 3.05) is 20.3 Å². The van der Waals surface area contributed by atoms with E-state index < -0.39 is 5.60 Å². The van der Waals surface area contributed by atoms with Gasteiger partial charge in [-0.3, -0.25) is 0 Å². The molecule has 1 atom stereocenters. The van der Waals surface area contributed by atoms with Crippen molar-refractivity contribution in [1.82, 2.24) is 0 Å². The molecule has 146 valence electrons. The summed E-state index contributed by atoms with van der Waals surface area (Å²) in [5.41, 5.74) is 1.89. The van der Waals surface area contributed by atoms with Crippen molar-refractivity contribution in [3.05, 3.63) is 53.6 Å². The van der Waals surface area contributed by atoms with E-state index in [0.29, 0.717) is 19.1 Å². The van der Waals surface area contributed by atoms with Crippen LogP contribution in [0, 0.1) is 0 Å². The van der Waals surface area contributed by atoms with Gasteiger partial charge in [0, 0.05) is 12.0 Å². The lowest BCUT2D eigenvalue weighted by molar-refractivity contribution is 0.0670. The van der Waals surface area contributed by atoms with Gasteiger partial charge < -0.3 is 19.3 Å². The van der Waals surface area contributed by atoms with Crippen LogP contribution in [0.25, 0.3) is 0 Å². The van der Waals surface area contributed by atoms with Gasteiger partial charge in [-0.05, 0) is 68.9 Å². The van der Waals surface area contributed by atoms with E-state index in [1.165, 1.54) is 11.1 Å². The lowest BCUT2D eigenvalue weighted by Crippen LogP contribution is -2.19. The second-order valence-corrected chi connectivity index (χ2v) is 7.87. The van der Waals surface area contributed by atoms with E-state index >= 15 is 0 Å². The molecule has 0 radical (unpaired) electrons. The number of unbranched alkanes of at least 4 members (excludes halogenated alkanes) is 1. The standard InChI is InChI=1S/C23H30O4/c1-23(2,24)12-4-5-13-26-21-11-8-18-14-19(16-27-22(18)15-21)17-6-9-20(25-3)10-7-17/h6-11,15,19,24H,4-5,12-14,16H2,1-3H3. The molecule has 1 unspecified atom stereocenters. The summed E-state index contributed by atoms with van der Waals surface area (Å²) in [6.07, 6.45) is 3.64. The molecule has 4 heteroatoms. The molecule has 1 aliphatic heterocycles. The number of hydrogen-bond acceptors (Lipinski definition) is 4. The molecule has 1 N–H and O–H groups in total. The Morgan fingerprint density at radius 1 is 1.07 bits per heavy atom. The molecule has 0 spiro atoms. The summed E-state index contributed by atoms with van der Waals surface area (Å²) in [5, 5.41) is 9.73. The van der Waals surface area contributed by atoms with Gasteiger partial charge in [0.2, 0.25) is 0 Å². The maximum Gasteiger partial charge on any atom is 0.126 e. The average Bonchev–Trinajstić information content (AvgIpc) is 2.66. The molecule has 4 nitrogen and oxygen atoms in total. The SMILES string of the molecule is COc1ccc(C2COc3cc(OCCCCC(C)(C)O)ccc3C2)cc1. The number of benzene rings is 2. The molecule has 0 aromatic heterocycles. The zero-order valence-electron chi connectivity index (χ0n) is 16.5. The zero-order valence-corrected chi connectivity index (χ0v) is 16.5. The van der Waals surface area contributed by atoms with E-state index in [4.69, 9.17) is 14.2 Å². The Balaban J connectivity index is 1.53. The lowest BCUT2D eigenvalue weighted by Gasteiger charge is -2.26. The summed E-state index contributed by atoms with van der Waals surface area (Å²) < 4.78 is 17.1. The second-order valence-electron chi connectivity index (χ2n) is 7.87. The van der Waals surface area contributed by atoms with Gasteiger partial charge in [0.05, 0.1) is 25.9 Å². The third-order valence-electron chi connectivity index (χ3n) is 4.98. The minimum Gasteiger partial charge on any atom is -0.497 e. The number of methoxy groups -OCH3 is 1. The van der Waals surface area contributed by atoms with Gasteiger partial charge in [-0.15, -0.1) is 0 Å². The van der Waals surface area contributed by atoms with Crippen molar-refractivity contribution in [3.8, 4) is 17.2 Å². The molecule has 27 heavy (non-hydrogen) atoms. The van der Waals surface area contributed by atoms with Gasteiger partial charge >= 0.3 is 0 Å². The average molecular weight is 370 g/mol. The highest BCUT2D eigenvalue weighted by Gasteiger charge is 2.22. The van der Waals surface area contributed by atoms with Gasteiger partial charge in [0.1, 0.15) is 17.2 Å². The van der Waals surface area contributed by atoms with Crippen LogP contribution in [0.15, 0.2) is 42.5 Å². The minimum atomic E-state index is -0.597. The fourth-order valence-corrected chi connectivity index (χ4v) is 3.38. The van der Waals surface area contributed by atoms with E-state index in [1.54, 1.807) is 7.11 Å². The van der Waals surface area contributed by atoms with Crippen molar-refractivity contribution in [2.24, 2.45) is 0 Å². The molecule has 0 aliphatic carbocycles. The summed E-state index contributed by atoms with van der Waals surface area (Å²) in [4.78, 5) is 0. The highest BCUT2D eigenvalue weighted by Crippen LogP contribution is 2.35. The van der Waals surface area contributed by atoms with Gasteiger partial charge in [-0.1, -0.05) is 18.2 Å². The first-order chi connectivity index (χ1) is 12.9. The lowest BCUT2D eigenvalue weighted by atomic mass is 9.90. The molecule has 0 saturated heterocycles. The van der Waals surface area contributed by atoms with Crippen LogP contribution in [0.4, 0.5) is 0 Å². The number of aliphatic hydroxyl groups is 1. The first-order valence-electron chi connectivity index (χ1n) is 9.69. The molecule has 2 aromatic rings. The molecule has 0 fully saturated rings. The van der Waals surface area contributed by atoms with Crippen LogP contribution in [0.1, 0.15) is 50.2 Å². The Morgan fingerprint density at radius 3 is 2.52 bits per heavy atom. The van der Waals surface area contributed by atoms with E-state index in [2.05, 4.69) is 18.2 Å². The zero-order chi connectivity index (χ0) is 19.3. The van der Waals surface area contributed by atoms with Crippen molar-refractivity contribution < 1.29 is 19.3 Å². The van der Waals surface area contributed by atoms with Gasteiger partial charge in [0.25, 0.3) is 0 Å². The molecule has 2 aromatic carbocycles. The molecule has 0 bridgehead atoms. The minimum absolute atomic E-state index is 0.358. The predicted molar refractivity (Wildman–Crippen MR) is 107 cm³/mol. The van der Waals surface area contributed by atoms with Crippen LogP contribution in [0.3, 0.4) is 0 Å². The molecule has 1 heterocycles. The smallest absolute Gasteiger partial charge is 0.126 e. The quantitative estimate of drug-likeness (QED) is 0.682. The normalized spacial score (nSPS) is 16.4. The molecule has 1 aliphatic rings. The monoisotopic (exact) mass is 370 g/mol. The Labute approximate surface area is 162 Å².